The predicted octanol–water partition coefficient (Wildman–Crippen LogP) is 4.36. The Kier molecular flexibility index (Phi) is 5.24. The first-order valence-electron chi connectivity index (χ1n) is 9.59. The Balaban J connectivity index is 1.97. The largest absolute Gasteiger partial charge is 0.299 e. The normalized spacial score (nSPS) is 16.8. The third-order valence-corrected chi connectivity index (χ3v) is 4.95. The predicted molar refractivity (Wildman–Crippen MR) is 99.4 cm³/mol. The quantitative estimate of drug-likeness (QED) is 0.818. The van der Waals surface area contributed by atoms with Crippen LogP contribution in [0.5, 0.6) is 0 Å². The van der Waals surface area contributed by atoms with Crippen LogP contribution in [0.4, 0.5) is 0 Å². The van der Waals surface area contributed by atoms with Crippen LogP contribution in [0.3, 0.4) is 0 Å². The van der Waals surface area contributed by atoms with E-state index in [1.165, 1.54) is 56.5 Å². The molecule has 0 aliphatic carbocycles. The van der Waals surface area contributed by atoms with E-state index in [0.717, 1.165) is 24.4 Å². The molecule has 0 radical (unpaired) electrons. The van der Waals surface area contributed by atoms with Crippen LogP contribution in [-0.4, -0.2) is 32.6 Å². The van der Waals surface area contributed by atoms with Crippen molar-refractivity contribution in [3.05, 3.63) is 29.2 Å². The summed E-state index contributed by atoms with van der Waals surface area (Å²) >= 11 is 0. The number of pyridine rings is 1. The minimum absolute atomic E-state index is 0.00870. The van der Waals surface area contributed by atoms with Crippen LogP contribution < -0.4 is 0 Å². The summed E-state index contributed by atoms with van der Waals surface area (Å²) in [6.07, 6.45) is 7.58. The molecule has 3 rings (SSSR count). The zero-order valence-electron chi connectivity index (χ0n) is 15.8. The summed E-state index contributed by atoms with van der Waals surface area (Å²) in [5.41, 5.74) is 3.79. The van der Waals surface area contributed by atoms with E-state index in [4.69, 9.17) is 0 Å². The van der Waals surface area contributed by atoms with Gasteiger partial charge >= 0.3 is 0 Å². The zero-order valence-corrected chi connectivity index (χ0v) is 15.8. The lowest BCUT2D eigenvalue weighted by molar-refractivity contribution is 0.221. The summed E-state index contributed by atoms with van der Waals surface area (Å²) in [5.74, 6) is 1.08. The van der Waals surface area contributed by atoms with Gasteiger partial charge in [-0.05, 0) is 56.5 Å². The first kappa shape index (κ1) is 17.4. The Morgan fingerprint density at radius 2 is 1.79 bits per heavy atom. The average Bonchev–Trinajstić information content (AvgIpc) is 2.98. The number of fused-ring (bicyclic) bond motifs is 1. The number of piperidine rings is 1. The summed E-state index contributed by atoms with van der Waals surface area (Å²) < 4.78 is 2.30. The lowest BCUT2D eigenvalue weighted by Crippen LogP contribution is -2.29. The number of aromatic nitrogens is 3. The lowest BCUT2D eigenvalue weighted by Gasteiger charge is -2.27. The molecule has 0 N–H and O–H groups in total. The third-order valence-electron chi connectivity index (χ3n) is 4.95. The van der Waals surface area contributed by atoms with E-state index in [-0.39, 0.29) is 5.41 Å². The van der Waals surface area contributed by atoms with Gasteiger partial charge in [-0.1, -0.05) is 40.5 Å². The van der Waals surface area contributed by atoms with Crippen molar-refractivity contribution in [2.75, 3.05) is 13.1 Å². The van der Waals surface area contributed by atoms with Gasteiger partial charge in [0.1, 0.15) is 5.82 Å². The first-order valence-corrected chi connectivity index (χ1v) is 9.59. The molecular weight excluding hydrogens is 296 g/mol. The Morgan fingerprint density at radius 3 is 2.46 bits per heavy atom. The number of aryl methyl sites for hydroxylation is 1. The maximum Gasteiger partial charge on any atom is 0.161 e. The van der Waals surface area contributed by atoms with Crippen LogP contribution >= 0.6 is 0 Å². The van der Waals surface area contributed by atoms with Crippen LogP contribution in [0.2, 0.25) is 0 Å². The molecular formula is C20H32N4. The van der Waals surface area contributed by atoms with Crippen molar-refractivity contribution in [1.29, 1.82) is 0 Å². The topological polar surface area (TPSA) is 33.4 Å². The van der Waals surface area contributed by atoms with Gasteiger partial charge in [0, 0.05) is 17.7 Å². The lowest BCUT2D eigenvalue weighted by atomic mass is 9.95. The van der Waals surface area contributed by atoms with Gasteiger partial charge in [-0.25, -0.2) is 0 Å². The van der Waals surface area contributed by atoms with Gasteiger partial charge < -0.3 is 0 Å². The fourth-order valence-electron chi connectivity index (χ4n) is 3.65. The second kappa shape index (κ2) is 7.22. The number of nitrogens with zero attached hydrogens (tertiary/aromatic N) is 4. The fraction of sp³-hybridized carbons (Fsp3) is 0.700. The van der Waals surface area contributed by atoms with E-state index < -0.39 is 0 Å². The summed E-state index contributed by atoms with van der Waals surface area (Å²) in [5, 5.41) is 9.02. The van der Waals surface area contributed by atoms with Gasteiger partial charge in [0.2, 0.25) is 0 Å². The number of rotatable bonds is 5. The number of likely N-dealkylation sites (tertiary alicyclic amines) is 1. The van der Waals surface area contributed by atoms with Gasteiger partial charge in [0.25, 0.3) is 0 Å². The average molecular weight is 329 g/mol. The van der Waals surface area contributed by atoms with Crippen LogP contribution in [0.15, 0.2) is 12.1 Å². The molecule has 0 atom stereocenters. The van der Waals surface area contributed by atoms with Crippen molar-refractivity contribution in [2.45, 2.75) is 78.2 Å². The molecule has 132 valence electrons. The molecule has 1 saturated heterocycles. The Hall–Kier alpha value is -1.42. The van der Waals surface area contributed by atoms with Crippen molar-refractivity contribution in [1.82, 2.24) is 19.5 Å². The Morgan fingerprint density at radius 1 is 1.04 bits per heavy atom. The highest BCUT2D eigenvalue weighted by molar-refractivity contribution is 5.45. The second-order valence-electron chi connectivity index (χ2n) is 8.26. The highest BCUT2D eigenvalue weighted by Crippen LogP contribution is 2.25. The van der Waals surface area contributed by atoms with E-state index in [2.05, 4.69) is 59.3 Å². The van der Waals surface area contributed by atoms with Crippen molar-refractivity contribution in [2.24, 2.45) is 0 Å². The summed E-state index contributed by atoms with van der Waals surface area (Å²) in [6, 6.07) is 4.64. The molecule has 4 nitrogen and oxygen atoms in total. The maximum absolute atomic E-state index is 4.52. The molecule has 4 heteroatoms. The van der Waals surface area contributed by atoms with Crippen LogP contribution in [0.1, 0.15) is 76.9 Å². The molecule has 1 fully saturated rings. The molecule has 0 saturated carbocycles. The molecule has 24 heavy (non-hydrogen) atoms. The smallest absolute Gasteiger partial charge is 0.161 e. The van der Waals surface area contributed by atoms with E-state index >= 15 is 0 Å². The van der Waals surface area contributed by atoms with Gasteiger partial charge in [-0.15, -0.1) is 10.2 Å². The zero-order chi connectivity index (χ0) is 17.2. The summed E-state index contributed by atoms with van der Waals surface area (Å²) in [4.78, 5) is 2.58. The fourth-order valence-corrected chi connectivity index (χ4v) is 3.65. The number of hydrogen-bond acceptors (Lipinski definition) is 3. The van der Waals surface area contributed by atoms with Crippen LogP contribution in [0.25, 0.3) is 5.65 Å². The minimum atomic E-state index is 0.00870. The monoisotopic (exact) mass is 328 g/mol. The highest BCUT2D eigenvalue weighted by Gasteiger charge is 2.23. The van der Waals surface area contributed by atoms with Crippen molar-refractivity contribution < 1.29 is 0 Å². The van der Waals surface area contributed by atoms with E-state index in [9.17, 15) is 0 Å². The minimum Gasteiger partial charge on any atom is -0.299 e. The first-order chi connectivity index (χ1) is 11.5. The van der Waals surface area contributed by atoms with E-state index in [1.54, 1.807) is 0 Å². The van der Waals surface area contributed by atoms with Crippen molar-refractivity contribution in [3.63, 3.8) is 0 Å². The molecule has 0 amide bonds. The summed E-state index contributed by atoms with van der Waals surface area (Å²) in [6.45, 7) is 12.4. The Labute approximate surface area is 146 Å². The molecule has 2 aromatic rings. The molecule has 1 aliphatic rings. The molecule has 1 aliphatic heterocycles. The number of unbranched alkanes of at least 4 members (excludes halogenated alkanes) is 1. The second-order valence-corrected chi connectivity index (χ2v) is 8.26. The maximum atomic E-state index is 4.52. The molecule has 2 aromatic heterocycles. The van der Waals surface area contributed by atoms with E-state index in [1.807, 2.05) is 0 Å². The van der Waals surface area contributed by atoms with Gasteiger partial charge in [0.05, 0.1) is 0 Å². The molecule has 0 aromatic carbocycles. The molecule has 3 heterocycles. The van der Waals surface area contributed by atoms with Gasteiger partial charge in [0.15, 0.2) is 5.65 Å². The van der Waals surface area contributed by atoms with Crippen molar-refractivity contribution >= 4 is 5.65 Å². The van der Waals surface area contributed by atoms with E-state index in [0.29, 0.717) is 0 Å². The summed E-state index contributed by atoms with van der Waals surface area (Å²) in [7, 11) is 0. The third kappa shape index (κ3) is 3.80. The van der Waals surface area contributed by atoms with Crippen LogP contribution in [-0.2, 0) is 18.4 Å². The molecule has 0 unspecified atom stereocenters. The SMILES string of the molecule is CCCCc1cc(CN2CCCCC2)cc2nnc(C(C)(C)C)n12. The van der Waals surface area contributed by atoms with Gasteiger partial charge in [-0.2, -0.15) is 0 Å². The standard InChI is InChI=1S/C20H32N4/c1-5-6-10-17-13-16(15-23-11-8-7-9-12-23)14-18-21-22-19(24(17)18)20(2,3)4/h13-14H,5-12,15H2,1-4H3. The van der Waals surface area contributed by atoms with Crippen LogP contribution in [0, 0.1) is 0 Å². The van der Waals surface area contributed by atoms with Crippen molar-refractivity contribution in [3.8, 4) is 0 Å². The molecule has 0 spiro atoms. The number of hydrogen-bond donors (Lipinski definition) is 0. The molecule has 0 bridgehead atoms. The highest BCUT2D eigenvalue weighted by atomic mass is 15.3. The van der Waals surface area contributed by atoms with Gasteiger partial charge in [-0.3, -0.25) is 9.30 Å². The Bertz CT molecular complexity index is 675.